The first-order chi connectivity index (χ1) is 7.49. The fraction of sp³-hybridized carbons (Fsp3) is 0.917. The third-order valence-electron chi connectivity index (χ3n) is 2.27. The molecule has 0 spiro atoms. The summed E-state index contributed by atoms with van der Waals surface area (Å²) in [6, 6.07) is 0. The number of carbonyl (C=O) groups is 1. The summed E-state index contributed by atoms with van der Waals surface area (Å²) in [5, 5.41) is 8.85. The second-order valence-electron chi connectivity index (χ2n) is 6.58. The molecule has 0 saturated carbocycles. The molecule has 0 bridgehead atoms. The normalized spacial score (nSPS) is 14.7. The number of hydrogen-bond acceptors (Lipinski definition) is 2. The average molecular weight is 248 g/mol. The van der Waals surface area contributed by atoms with Crippen molar-refractivity contribution in [2.45, 2.75) is 12.5 Å². The van der Waals surface area contributed by atoms with Crippen LogP contribution in [0.15, 0.2) is 0 Å². The minimum absolute atomic E-state index is 0.0761. The Hall–Kier alpha value is -0.650. The van der Waals surface area contributed by atoms with Crippen molar-refractivity contribution in [2.24, 2.45) is 0 Å². The van der Waals surface area contributed by atoms with E-state index in [4.69, 9.17) is 9.84 Å². The topological polar surface area (TPSA) is 46.5 Å². The zero-order valence-electron chi connectivity index (χ0n) is 12.1. The van der Waals surface area contributed by atoms with Gasteiger partial charge in [-0.25, -0.2) is 0 Å². The first-order valence-corrected chi connectivity index (χ1v) is 5.94. The molecule has 0 rings (SSSR count). The molecule has 0 aromatic carbocycles. The van der Waals surface area contributed by atoms with Crippen LogP contribution in [0.25, 0.3) is 0 Å². The molecule has 0 heterocycles. The molecule has 5 heteroatoms. The Bertz CT molecular complexity index is 241. The molecule has 0 aliphatic rings. The van der Waals surface area contributed by atoms with Gasteiger partial charge >= 0.3 is 5.97 Å². The maximum Gasteiger partial charge on any atom is 0.306 e. The van der Waals surface area contributed by atoms with E-state index in [9.17, 15) is 4.79 Å². The summed E-state index contributed by atoms with van der Waals surface area (Å²) in [6.07, 6.45) is -0.133. The van der Waals surface area contributed by atoms with Crippen molar-refractivity contribution in [1.29, 1.82) is 0 Å². The number of rotatable bonds is 8. The molecule has 0 aliphatic carbocycles. The highest BCUT2D eigenvalue weighted by Gasteiger charge is 2.22. The van der Waals surface area contributed by atoms with Gasteiger partial charge in [-0.05, 0) is 0 Å². The molecular weight excluding hydrogens is 220 g/mol. The van der Waals surface area contributed by atoms with E-state index in [1.165, 1.54) is 0 Å². The van der Waals surface area contributed by atoms with Crippen LogP contribution in [0.4, 0.5) is 0 Å². The van der Waals surface area contributed by atoms with Crippen molar-refractivity contribution in [3.63, 3.8) is 0 Å². The molecular formula is C12H28N2O3+2. The molecule has 5 nitrogen and oxygen atoms in total. The molecule has 0 saturated heterocycles. The first kappa shape index (κ1) is 16.4. The SMILES string of the molecule is C[N+](C)(C)CCOC(CC(=O)O)C[N+](C)(C)C. The molecule has 0 fully saturated rings. The maximum absolute atomic E-state index is 10.8. The Morgan fingerprint density at radius 2 is 1.65 bits per heavy atom. The van der Waals surface area contributed by atoms with Gasteiger partial charge in [0.1, 0.15) is 19.2 Å². The van der Waals surface area contributed by atoms with Gasteiger partial charge in [-0.3, -0.25) is 4.79 Å². The zero-order chi connectivity index (χ0) is 13.7. The second-order valence-corrected chi connectivity index (χ2v) is 6.58. The van der Waals surface area contributed by atoms with E-state index in [-0.39, 0.29) is 12.5 Å². The molecule has 0 aliphatic heterocycles. The fourth-order valence-electron chi connectivity index (χ4n) is 1.48. The molecule has 0 amide bonds. The monoisotopic (exact) mass is 248 g/mol. The molecule has 102 valence electrons. The van der Waals surface area contributed by atoms with Gasteiger partial charge in [0.2, 0.25) is 0 Å². The lowest BCUT2D eigenvalue weighted by Gasteiger charge is -2.30. The first-order valence-electron chi connectivity index (χ1n) is 5.94. The highest BCUT2D eigenvalue weighted by molar-refractivity contribution is 5.67. The van der Waals surface area contributed by atoms with Crippen LogP contribution >= 0.6 is 0 Å². The van der Waals surface area contributed by atoms with Gasteiger partial charge in [0, 0.05) is 0 Å². The lowest BCUT2D eigenvalue weighted by atomic mass is 10.2. The third kappa shape index (κ3) is 11.6. The molecule has 1 unspecified atom stereocenters. The van der Waals surface area contributed by atoms with Crippen molar-refractivity contribution in [1.82, 2.24) is 0 Å². The number of ether oxygens (including phenoxy) is 1. The number of nitrogens with zero attached hydrogens (tertiary/aromatic N) is 2. The Kier molecular flexibility index (Phi) is 6.09. The Morgan fingerprint density at radius 1 is 1.12 bits per heavy atom. The van der Waals surface area contributed by atoms with Gasteiger partial charge in [0.15, 0.2) is 0 Å². The van der Waals surface area contributed by atoms with Crippen LogP contribution in [-0.4, -0.2) is 88.1 Å². The number of likely N-dealkylation sites (N-methyl/N-ethyl adjacent to an activating group) is 2. The van der Waals surface area contributed by atoms with E-state index in [2.05, 4.69) is 21.1 Å². The number of carboxylic acid groups (broad SMARTS) is 1. The van der Waals surface area contributed by atoms with E-state index < -0.39 is 5.97 Å². The summed E-state index contributed by atoms with van der Waals surface area (Å²) < 4.78 is 7.23. The number of carboxylic acids is 1. The highest BCUT2D eigenvalue weighted by Crippen LogP contribution is 2.05. The zero-order valence-corrected chi connectivity index (χ0v) is 12.1. The largest absolute Gasteiger partial charge is 0.481 e. The molecule has 1 atom stereocenters. The predicted molar refractivity (Wildman–Crippen MR) is 67.8 cm³/mol. The van der Waals surface area contributed by atoms with Gasteiger partial charge in [-0.2, -0.15) is 0 Å². The summed E-state index contributed by atoms with van der Waals surface area (Å²) in [4.78, 5) is 10.8. The van der Waals surface area contributed by atoms with Crippen LogP contribution < -0.4 is 0 Å². The molecule has 17 heavy (non-hydrogen) atoms. The molecule has 0 aromatic rings. The second kappa shape index (κ2) is 6.33. The van der Waals surface area contributed by atoms with Gasteiger partial charge in [0.25, 0.3) is 0 Å². The van der Waals surface area contributed by atoms with E-state index >= 15 is 0 Å². The predicted octanol–water partition coefficient (Wildman–Crippen LogP) is 0.259. The highest BCUT2D eigenvalue weighted by atomic mass is 16.5. The smallest absolute Gasteiger partial charge is 0.306 e. The van der Waals surface area contributed by atoms with E-state index in [0.717, 1.165) is 11.0 Å². The van der Waals surface area contributed by atoms with E-state index in [1.54, 1.807) is 0 Å². The van der Waals surface area contributed by atoms with E-state index in [0.29, 0.717) is 17.6 Å². The van der Waals surface area contributed by atoms with Gasteiger partial charge in [0.05, 0.1) is 55.3 Å². The lowest BCUT2D eigenvalue weighted by molar-refractivity contribution is -0.876. The van der Waals surface area contributed by atoms with Crippen LogP contribution in [0.2, 0.25) is 0 Å². The van der Waals surface area contributed by atoms with Crippen LogP contribution in [0.3, 0.4) is 0 Å². The van der Waals surface area contributed by atoms with E-state index in [1.807, 2.05) is 21.1 Å². The Balaban J connectivity index is 4.16. The Labute approximate surface area is 105 Å². The minimum atomic E-state index is -0.798. The Morgan fingerprint density at radius 3 is 2.00 bits per heavy atom. The molecule has 1 N–H and O–H groups in total. The number of hydrogen-bond donors (Lipinski definition) is 1. The van der Waals surface area contributed by atoms with Crippen LogP contribution in [0, 0.1) is 0 Å². The van der Waals surface area contributed by atoms with Gasteiger partial charge in [-0.15, -0.1) is 0 Å². The summed E-state index contributed by atoms with van der Waals surface area (Å²) in [7, 11) is 12.4. The fourth-order valence-corrected chi connectivity index (χ4v) is 1.48. The van der Waals surface area contributed by atoms with Crippen molar-refractivity contribution >= 4 is 5.97 Å². The third-order valence-corrected chi connectivity index (χ3v) is 2.27. The van der Waals surface area contributed by atoms with Gasteiger partial charge in [-0.1, -0.05) is 0 Å². The van der Waals surface area contributed by atoms with Crippen molar-refractivity contribution < 1.29 is 23.6 Å². The quantitative estimate of drug-likeness (QED) is 0.627. The lowest BCUT2D eigenvalue weighted by Crippen LogP contribution is -2.44. The maximum atomic E-state index is 10.8. The standard InChI is InChI=1S/C12H27N2O3/c1-13(2,3)7-8-17-11(9-12(15)16)10-14(4,5)6/h11H,7-10H2,1-6H3/q+1/p+1. The molecule has 0 aromatic heterocycles. The number of quaternary nitrogens is 2. The summed E-state index contributed by atoms with van der Waals surface area (Å²) >= 11 is 0. The average Bonchev–Trinajstić information content (AvgIpc) is 1.95. The van der Waals surface area contributed by atoms with Crippen LogP contribution in [0.1, 0.15) is 6.42 Å². The molecule has 0 radical (unpaired) electrons. The minimum Gasteiger partial charge on any atom is -0.481 e. The van der Waals surface area contributed by atoms with Crippen LogP contribution in [0.5, 0.6) is 0 Å². The summed E-state index contributed by atoms with van der Waals surface area (Å²) in [6.45, 7) is 2.19. The summed E-state index contributed by atoms with van der Waals surface area (Å²) in [5.41, 5.74) is 0. The number of aliphatic carboxylic acids is 1. The van der Waals surface area contributed by atoms with Crippen molar-refractivity contribution in [3.05, 3.63) is 0 Å². The van der Waals surface area contributed by atoms with Crippen molar-refractivity contribution in [2.75, 3.05) is 62.0 Å². The van der Waals surface area contributed by atoms with Crippen LogP contribution in [-0.2, 0) is 9.53 Å². The van der Waals surface area contributed by atoms with Crippen molar-refractivity contribution in [3.8, 4) is 0 Å². The van der Waals surface area contributed by atoms with Gasteiger partial charge < -0.3 is 18.8 Å². The summed E-state index contributed by atoms with van der Waals surface area (Å²) in [5.74, 6) is -0.798.